The van der Waals surface area contributed by atoms with Gasteiger partial charge in [-0.25, -0.2) is 9.07 Å². The van der Waals surface area contributed by atoms with Gasteiger partial charge in [0.05, 0.1) is 37.1 Å². The molecule has 0 unspecified atom stereocenters. The van der Waals surface area contributed by atoms with Crippen molar-refractivity contribution in [3.05, 3.63) is 65.1 Å². The Balaban J connectivity index is 1.72. The zero-order valence-corrected chi connectivity index (χ0v) is 16.6. The summed E-state index contributed by atoms with van der Waals surface area (Å²) in [6.07, 6.45) is 0. The van der Waals surface area contributed by atoms with Crippen LogP contribution in [0.1, 0.15) is 21.6 Å². The maximum atomic E-state index is 13.3. The number of halogens is 1. The van der Waals surface area contributed by atoms with Crippen molar-refractivity contribution in [3.63, 3.8) is 0 Å². The Morgan fingerprint density at radius 3 is 2.52 bits per heavy atom. The largest absolute Gasteiger partial charge is 0.493 e. The Kier molecular flexibility index (Phi) is 5.06. The van der Waals surface area contributed by atoms with Crippen molar-refractivity contribution in [1.82, 2.24) is 9.78 Å². The lowest BCUT2D eigenvalue weighted by Crippen LogP contribution is -2.16. The number of fused-ring (bicyclic) bond motifs is 1. The number of rotatable bonds is 5. The monoisotopic (exact) mass is 415 g/mol. The van der Waals surface area contributed by atoms with E-state index in [2.05, 4.69) is 10.4 Å². The smallest absolute Gasteiger partial charge is 0.256 e. The van der Waals surface area contributed by atoms with Crippen LogP contribution in [0.5, 0.6) is 11.5 Å². The van der Waals surface area contributed by atoms with E-state index in [0.717, 1.165) is 5.56 Å². The molecule has 0 aliphatic carbocycles. The molecule has 9 heteroatoms. The molecular weight excluding hydrogens is 397 g/mol. The van der Waals surface area contributed by atoms with Crippen molar-refractivity contribution in [3.8, 4) is 17.2 Å². The number of carbonyl (C=O) groups excluding carboxylic acids is 1. The molecule has 3 aromatic rings. The molecule has 0 spiro atoms. The van der Waals surface area contributed by atoms with Gasteiger partial charge in [0.2, 0.25) is 0 Å². The average molecular weight is 415 g/mol. The van der Waals surface area contributed by atoms with Crippen molar-refractivity contribution in [1.29, 1.82) is 0 Å². The highest BCUT2D eigenvalue weighted by Crippen LogP contribution is 2.32. The van der Waals surface area contributed by atoms with Gasteiger partial charge in [-0.3, -0.25) is 9.00 Å². The van der Waals surface area contributed by atoms with Crippen LogP contribution in [0.15, 0.2) is 42.5 Å². The third kappa shape index (κ3) is 3.61. The van der Waals surface area contributed by atoms with Gasteiger partial charge >= 0.3 is 0 Å². The number of ether oxygens (including phenoxy) is 2. The summed E-state index contributed by atoms with van der Waals surface area (Å²) in [6.45, 7) is 0. The Morgan fingerprint density at radius 1 is 1.10 bits per heavy atom. The highest BCUT2D eigenvalue weighted by molar-refractivity contribution is 7.83. The number of nitrogens with zero attached hydrogens (tertiary/aromatic N) is 2. The van der Waals surface area contributed by atoms with Crippen LogP contribution in [0.25, 0.3) is 5.69 Å². The highest BCUT2D eigenvalue weighted by atomic mass is 32.2. The first-order valence-electron chi connectivity index (χ1n) is 8.75. The van der Waals surface area contributed by atoms with E-state index >= 15 is 0 Å². The SMILES string of the molecule is COc1ccc(C(=O)Nc2c3c(nn2-c2ccc(F)cc2)C[S@](=O)C3)cc1OC. The summed E-state index contributed by atoms with van der Waals surface area (Å²) in [5.74, 6) is 1.24. The first kappa shape index (κ1) is 19.1. The molecule has 7 nitrogen and oxygen atoms in total. The second kappa shape index (κ2) is 7.67. The van der Waals surface area contributed by atoms with Gasteiger partial charge in [0.1, 0.15) is 11.6 Å². The summed E-state index contributed by atoms with van der Waals surface area (Å²) < 4.78 is 37.3. The average Bonchev–Trinajstić information content (AvgIpc) is 3.24. The molecule has 0 fully saturated rings. The molecule has 1 aromatic heterocycles. The lowest BCUT2D eigenvalue weighted by atomic mass is 10.2. The quantitative estimate of drug-likeness (QED) is 0.693. The summed E-state index contributed by atoms with van der Waals surface area (Å²) in [7, 11) is 1.95. The molecule has 2 heterocycles. The summed E-state index contributed by atoms with van der Waals surface area (Å²) in [5.41, 5.74) is 2.34. The summed E-state index contributed by atoms with van der Waals surface area (Å²) in [4.78, 5) is 12.9. The van der Waals surface area contributed by atoms with Crippen LogP contribution >= 0.6 is 0 Å². The molecule has 1 aliphatic heterocycles. The molecule has 150 valence electrons. The summed E-state index contributed by atoms with van der Waals surface area (Å²) >= 11 is 0. The minimum Gasteiger partial charge on any atom is -0.493 e. The molecule has 2 aromatic carbocycles. The standard InChI is InChI=1S/C20H18FN3O4S/c1-27-17-8-3-12(9-18(17)28-2)20(25)22-19-15-10-29(26)11-16(15)23-24(19)14-6-4-13(21)5-7-14/h3-9H,10-11H2,1-2H3,(H,22,25)/t29-/m1/s1. The molecule has 0 radical (unpaired) electrons. The van der Waals surface area contributed by atoms with E-state index < -0.39 is 10.8 Å². The minimum absolute atomic E-state index is 0.304. The molecule has 29 heavy (non-hydrogen) atoms. The molecule has 4 rings (SSSR count). The highest BCUT2D eigenvalue weighted by Gasteiger charge is 2.28. The normalized spacial score (nSPS) is 15.1. The molecule has 1 atom stereocenters. The van der Waals surface area contributed by atoms with Crippen LogP contribution in [-0.4, -0.2) is 34.1 Å². The summed E-state index contributed by atoms with van der Waals surface area (Å²) in [5, 5.41) is 7.36. The second-order valence-electron chi connectivity index (χ2n) is 6.41. The zero-order chi connectivity index (χ0) is 20.5. The molecule has 0 bridgehead atoms. The first-order valence-corrected chi connectivity index (χ1v) is 10.2. The van der Waals surface area contributed by atoms with Gasteiger partial charge in [-0.05, 0) is 42.5 Å². The predicted octanol–water partition coefficient (Wildman–Crippen LogP) is 3.04. The second-order valence-corrected chi connectivity index (χ2v) is 7.87. The van der Waals surface area contributed by atoms with E-state index in [0.29, 0.717) is 45.8 Å². The number of methoxy groups -OCH3 is 2. The van der Waals surface area contributed by atoms with Crippen LogP contribution in [0.3, 0.4) is 0 Å². The van der Waals surface area contributed by atoms with Gasteiger partial charge in [-0.2, -0.15) is 5.10 Å². The van der Waals surface area contributed by atoms with Crippen LogP contribution in [0.2, 0.25) is 0 Å². The summed E-state index contributed by atoms with van der Waals surface area (Å²) in [6, 6.07) is 10.6. The Labute approximate surface area is 168 Å². The molecule has 1 aliphatic rings. The van der Waals surface area contributed by atoms with Crippen molar-refractivity contribution in [2.75, 3.05) is 19.5 Å². The van der Waals surface area contributed by atoms with Gasteiger partial charge in [-0.15, -0.1) is 0 Å². The van der Waals surface area contributed by atoms with Crippen molar-refractivity contribution in [2.45, 2.75) is 11.5 Å². The van der Waals surface area contributed by atoms with Crippen molar-refractivity contribution < 1.29 is 22.9 Å². The van der Waals surface area contributed by atoms with Crippen molar-refractivity contribution >= 4 is 22.5 Å². The number of benzene rings is 2. The van der Waals surface area contributed by atoms with Crippen LogP contribution < -0.4 is 14.8 Å². The number of amides is 1. The van der Waals surface area contributed by atoms with Gasteiger partial charge in [0.15, 0.2) is 11.5 Å². The third-order valence-corrected chi connectivity index (χ3v) is 5.82. The van der Waals surface area contributed by atoms with Crippen LogP contribution in [0.4, 0.5) is 10.2 Å². The maximum Gasteiger partial charge on any atom is 0.256 e. The number of hydrogen-bond acceptors (Lipinski definition) is 5. The number of hydrogen-bond donors (Lipinski definition) is 1. The first-order chi connectivity index (χ1) is 14.0. The van der Waals surface area contributed by atoms with Gasteiger partial charge < -0.3 is 14.8 Å². The van der Waals surface area contributed by atoms with E-state index in [9.17, 15) is 13.4 Å². The van der Waals surface area contributed by atoms with E-state index in [4.69, 9.17) is 9.47 Å². The number of carbonyl (C=O) groups is 1. The fourth-order valence-corrected chi connectivity index (χ4v) is 4.45. The lowest BCUT2D eigenvalue weighted by molar-refractivity contribution is 0.102. The van der Waals surface area contributed by atoms with Crippen LogP contribution in [0, 0.1) is 5.82 Å². The Bertz CT molecular complexity index is 1110. The van der Waals surface area contributed by atoms with Crippen molar-refractivity contribution in [2.24, 2.45) is 0 Å². The molecule has 0 saturated carbocycles. The number of aromatic nitrogens is 2. The molecule has 0 saturated heterocycles. The minimum atomic E-state index is -1.06. The van der Waals surface area contributed by atoms with E-state index in [-0.39, 0.29) is 11.7 Å². The topological polar surface area (TPSA) is 82.5 Å². The van der Waals surface area contributed by atoms with Gasteiger partial charge in [0.25, 0.3) is 5.91 Å². The zero-order valence-electron chi connectivity index (χ0n) is 15.8. The molecular formula is C20H18FN3O4S. The van der Waals surface area contributed by atoms with Gasteiger partial charge in [-0.1, -0.05) is 0 Å². The predicted molar refractivity (Wildman–Crippen MR) is 107 cm³/mol. The van der Waals surface area contributed by atoms with E-state index in [1.807, 2.05) is 0 Å². The van der Waals surface area contributed by atoms with Crippen LogP contribution in [-0.2, 0) is 22.3 Å². The molecule has 1 N–H and O–H groups in total. The van der Waals surface area contributed by atoms with Gasteiger partial charge in [0, 0.05) is 21.9 Å². The van der Waals surface area contributed by atoms with E-state index in [1.54, 1.807) is 35.0 Å². The van der Waals surface area contributed by atoms with E-state index in [1.165, 1.54) is 26.4 Å². The fourth-order valence-electron chi connectivity index (χ4n) is 3.18. The third-order valence-electron chi connectivity index (χ3n) is 4.62. The maximum absolute atomic E-state index is 13.3. The number of anilines is 1. The fraction of sp³-hybridized carbons (Fsp3) is 0.200. The molecule has 1 amide bonds. The Hall–Kier alpha value is -3.20. The lowest BCUT2D eigenvalue weighted by Gasteiger charge is -2.12. The Morgan fingerprint density at radius 2 is 1.83 bits per heavy atom. The number of nitrogens with one attached hydrogen (secondary N) is 1.